The maximum Gasteiger partial charge on any atom is 0.203 e. The van der Waals surface area contributed by atoms with E-state index in [1.165, 1.54) is 13.4 Å². The number of methoxy groups -OCH3 is 1. The van der Waals surface area contributed by atoms with E-state index in [2.05, 4.69) is 20.4 Å². The molecule has 0 aliphatic rings. The van der Waals surface area contributed by atoms with Crippen molar-refractivity contribution < 1.29 is 4.74 Å². The second-order valence-corrected chi connectivity index (χ2v) is 3.91. The maximum absolute atomic E-state index is 5.70. The van der Waals surface area contributed by atoms with Gasteiger partial charge in [0.05, 0.1) is 12.8 Å². The molecular formula is C11H16N6O. The van der Waals surface area contributed by atoms with Gasteiger partial charge in [0.25, 0.3) is 0 Å². The van der Waals surface area contributed by atoms with Crippen molar-refractivity contribution in [2.45, 2.75) is 13.5 Å². The SMILES string of the molecule is COc1c(N)ncnc1NCc1cn(C)nc1C. The summed E-state index contributed by atoms with van der Waals surface area (Å²) in [6, 6.07) is 0. The van der Waals surface area contributed by atoms with Gasteiger partial charge in [0.2, 0.25) is 5.75 Å². The fourth-order valence-corrected chi connectivity index (χ4v) is 1.72. The highest BCUT2D eigenvalue weighted by molar-refractivity contribution is 5.61. The van der Waals surface area contributed by atoms with Gasteiger partial charge in [-0.3, -0.25) is 4.68 Å². The first-order chi connectivity index (χ1) is 8.61. The number of hydrogen-bond acceptors (Lipinski definition) is 6. The molecule has 0 bridgehead atoms. The number of aromatic nitrogens is 4. The molecule has 0 unspecified atom stereocenters. The van der Waals surface area contributed by atoms with Crippen LogP contribution in [0.25, 0.3) is 0 Å². The van der Waals surface area contributed by atoms with Gasteiger partial charge in [-0.15, -0.1) is 0 Å². The molecule has 2 heterocycles. The molecule has 96 valence electrons. The lowest BCUT2D eigenvalue weighted by Crippen LogP contribution is -2.06. The number of rotatable bonds is 4. The highest BCUT2D eigenvalue weighted by Gasteiger charge is 2.10. The standard InChI is InChI=1S/C11H16N6O/c1-7-8(5-17(2)16-7)4-13-11-9(18-3)10(12)14-6-15-11/h5-6H,4H2,1-3H3,(H3,12,13,14,15). The van der Waals surface area contributed by atoms with Crippen LogP contribution >= 0.6 is 0 Å². The summed E-state index contributed by atoms with van der Waals surface area (Å²) in [5.74, 6) is 1.35. The molecule has 7 nitrogen and oxygen atoms in total. The Bertz CT molecular complexity index is 550. The van der Waals surface area contributed by atoms with Crippen LogP contribution in [0.3, 0.4) is 0 Å². The number of hydrogen-bond donors (Lipinski definition) is 2. The number of aryl methyl sites for hydroxylation is 2. The van der Waals surface area contributed by atoms with Crippen LogP contribution in [0.5, 0.6) is 5.75 Å². The van der Waals surface area contributed by atoms with Crippen LogP contribution in [0.15, 0.2) is 12.5 Å². The lowest BCUT2D eigenvalue weighted by atomic mass is 10.2. The zero-order chi connectivity index (χ0) is 13.1. The second-order valence-electron chi connectivity index (χ2n) is 3.91. The van der Waals surface area contributed by atoms with Crippen LogP contribution in [0.1, 0.15) is 11.3 Å². The van der Waals surface area contributed by atoms with Crippen molar-refractivity contribution in [1.29, 1.82) is 0 Å². The third kappa shape index (κ3) is 2.34. The number of ether oxygens (including phenoxy) is 1. The molecule has 0 aliphatic carbocycles. The quantitative estimate of drug-likeness (QED) is 0.828. The van der Waals surface area contributed by atoms with Crippen molar-refractivity contribution >= 4 is 11.6 Å². The minimum Gasteiger partial charge on any atom is -0.490 e. The van der Waals surface area contributed by atoms with E-state index in [0.29, 0.717) is 23.9 Å². The van der Waals surface area contributed by atoms with Crippen molar-refractivity contribution in [3.05, 3.63) is 23.8 Å². The van der Waals surface area contributed by atoms with Gasteiger partial charge in [0.15, 0.2) is 11.6 Å². The summed E-state index contributed by atoms with van der Waals surface area (Å²) in [5.41, 5.74) is 7.77. The number of nitrogen functional groups attached to an aromatic ring is 1. The van der Waals surface area contributed by atoms with Gasteiger partial charge in [-0.25, -0.2) is 9.97 Å². The molecule has 2 aromatic rings. The minimum absolute atomic E-state index is 0.318. The third-order valence-electron chi connectivity index (χ3n) is 2.60. The summed E-state index contributed by atoms with van der Waals surface area (Å²) in [6.07, 6.45) is 3.36. The molecule has 0 saturated carbocycles. The second kappa shape index (κ2) is 4.91. The van der Waals surface area contributed by atoms with E-state index in [1.807, 2.05) is 20.2 Å². The fourth-order valence-electron chi connectivity index (χ4n) is 1.72. The van der Waals surface area contributed by atoms with E-state index >= 15 is 0 Å². The maximum atomic E-state index is 5.70. The molecule has 7 heteroatoms. The summed E-state index contributed by atoms with van der Waals surface area (Å²) >= 11 is 0. The monoisotopic (exact) mass is 248 g/mol. The number of nitrogens with one attached hydrogen (secondary N) is 1. The molecular weight excluding hydrogens is 232 g/mol. The molecule has 0 fully saturated rings. The number of nitrogens with zero attached hydrogens (tertiary/aromatic N) is 4. The highest BCUT2D eigenvalue weighted by Crippen LogP contribution is 2.26. The highest BCUT2D eigenvalue weighted by atomic mass is 16.5. The Hall–Kier alpha value is -2.31. The van der Waals surface area contributed by atoms with Crippen molar-refractivity contribution in [1.82, 2.24) is 19.7 Å². The first kappa shape index (κ1) is 12.2. The number of nitrogens with two attached hydrogens (primary N) is 1. The van der Waals surface area contributed by atoms with Gasteiger partial charge in [0.1, 0.15) is 6.33 Å². The summed E-state index contributed by atoms with van der Waals surface area (Å²) in [7, 11) is 3.43. The Morgan fingerprint density at radius 1 is 1.44 bits per heavy atom. The average Bonchev–Trinajstić information content (AvgIpc) is 2.65. The largest absolute Gasteiger partial charge is 0.490 e. The first-order valence-electron chi connectivity index (χ1n) is 5.49. The van der Waals surface area contributed by atoms with Gasteiger partial charge in [-0.1, -0.05) is 0 Å². The van der Waals surface area contributed by atoms with E-state index < -0.39 is 0 Å². The molecule has 18 heavy (non-hydrogen) atoms. The first-order valence-corrected chi connectivity index (χ1v) is 5.49. The summed E-state index contributed by atoms with van der Waals surface area (Å²) in [6.45, 7) is 2.56. The topological polar surface area (TPSA) is 90.9 Å². The smallest absolute Gasteiger partial charge is 0.203 e. The molecule has 0 radical (unpaired) electrons. The minimum atomic E-state index is 0.318. The zero-order valence-corrected chi connectivity index (χ0v) is 10.6. The predicted octanol–water partition coefficient (Wildman–Crippen LogP) is 0.721. The molecule has 0 atom stereocenters. The van der Waals surface area contributed by atoms with Crippen LogP contribution in [0.4, 0.5) is 11.6 Å². The summed E-state index contributed by atoms with van der Waals surface area (Å²) in [4.78, 5) is 7.98. The van der Waals surface area contributed by atoms with E-state index in [1.54, 1.807) is 4.68 Å². The van der Waals surface area contributed by atoms with E-state index in [4.69, 9.17) is 10.5 Å². The van der Waals surface area contributed by atoms with Crippen LogP contribution in [0, 0.1) is 6.92 Å². The van der Waals surface area contributed by atoms with Gasteiger partial charge in [-0.2, -0.15) is 5.10 Å². The van der Waals surface area contributed by atoms with Crippen molar-refractivity contribution in [2.75, 3.05) is 18.2 Å². The lowest BCUT2D eigenvalue weighted by molar-refractivity contribution is 0.415. The Balaban J connectivity index is 2.15. The predicted molar refractivity (Wildman–Crippen MR) is 68.3 cm³/mol. The van der Waals surface area contributed by atoms with Gasteiger partial charge < -0.3 is 15.8 Å². The zero-order valence-electron chi connectivity index (χ0n) is 10.6. The Labute approximate surface area is 105 Å². The van der Waals surface area contributed by atoms with Crippen molar-refractivity contribution in [3.8, 4) is 5.75 Å². The van der Waals surface area contributed by atoms with Crippen LogP contribution in [-0.4, -0.2) is 26.9 Å². The van der Waals surface area contributed by atoms with Crippen molar-refractivity contribution in [2.24, 2.45) is 7.05 Å². The molecule has 3 N–H and O–H groups in total. The Morgan fingerprint density at radius 2 is 2.22 bits per heavy atom. The molecule has 0 saturated heterocycles. The lowest BCUT2D eigenvalue weighted by Gasteiger charge is -2.10. The van der Waals surface area contributed by atoms with Crippen molar-refractivity contribution in [3.63, 3.8) is 0 Å². The van der Waals surface area contributed by atoms with Gasteiger partial charge >= 0.3 is 0 Å². The van der Waals surface area contributed by atoms with Crippen LogP contribution < -0.4 is 15.8 Å². The Kier molecular flexibility index (Phi) is 3.31. The van der Waals surface area contributed by atoms with Crippen LogP contribution in [0.2, 0.25) is 0 Å². The van der Waals surface area contributed by atoms with E-state index in [-0.39, 0.29) is 0 Å². The molecule has 2 rings (SSSR count). The summed E-state index contributed by atoms with van der Waals surface area (Å²) in [5, 5.41) is 7.44. The Morgan fingerprint density at radius 3 is 2.83 bits per heavy atom. The average molecular weight is 248 g/mol. The molecule has 0 aromatic carbocycles. The number of anilines is 2. The molecule has 0 aliphatic heterocycles. The third-order valence-corrected chi connectivity index (χ3v) is 2.60. The summed E-state index contributed by atoms with van der Waals surface area (Å²) < 4.78 is 6.94. The van der Waals surface area contributed by atoms with Crippen LogP contribution in [-0.2, 0) is 13.6 Å². The van der Waals surface area contributed by atoms with Gasteiger partial charge in [0, 0.05) is 25.4 Å². The van der Waals surface area contributed by atoms with Gasteiger partial charge in [-0.05, 0) is 6.92 Å². The fraction of sp³-hybridized carbons (Fsp3) is 0.364. The van der Waals surface area contributed by atoms with E-state index in [0.717, 1.165) is 11.3 Å². The molecule has 2 aromatic heterocycles. The molecule has 0 spiro atoms. The normalized spacial score (nSPS) is 10.4. The van der Waals surface area contributed by atoms with E-state index in [9.17, 15) is 0 Å². The molecule has 0 amide bonds.